The highest BCUT2D eigenvalue weighted by Crippen LogP contribution is 2.60. The molecule has 9 aromatic rings. The maximum atomic E-state index is 5.44. The van der Waals surface area contributed by atoms with Gasteiger partial charge in [0, 0.05) is 37.4 Å². The van der Waals surface area contributed by atoms with Crippen LogP contribution >= 0.6 is 11.3 Å². The third-order valence-corrected chi connectivity index (χ3v) is 13.8. The van der Waals surface area contributed by atoms with E-state index in [1.54, 1.807) is 11.3 Å². The lowest BCUT2D eigenvalue weighted by Crippen LogP contribution is -2.24. The Morgan fingerprint density at radius 3 is 2.02 bits per heavy atom. The molecule has 254 valence electrons. The van der Waals surface area contributed by atoms with Gasteiger partial charge in [-0.3, -0.25) is 0 Å². The molecular weight excluding hydrogens is 673 g/mol. The molecule has 2 nitrogen and oxygen atoms in total. The van der Waals surface area contributed by atoms with E-state index >= 15 is 0 Å². The van der Waals surface area contributed by atoms with Crippen LogP contribution in [0.25, 0.3) is 87.5 Å². The lowest BCUT2D eigenvalue weighted by molar-refractivity contribution is 0.659. The van der Waals surface area contributed by atoms with E-state index in [9.17, 15) is 0 Å². The van der Waals surface area contributed by atoms with E-state index in [0.717, 1.165) is 32.9 Å². The maximum Gasteiger partial charge on any atom is 0.161 e. The molecule has 0 aliphatic heterocycles. The first-order valence-corrected chi connectivity index (χ1v) is 19.6. The topological polar surface area (TPSA) is 25.8 Å². The molecule has 4 bridgehead atoms. The van der Waals surface area contributed by atoms with Gasteiger partial charge in [0.1, 0.15) is 4.83 Å². The van der Waals surface area contributed by atoms with E-state index in [2.05, 4.69) is 172 Å². The largest absolute Gasteiger partial charge is 0.227 e. The molecule has 3 aliphatic rings. The van der Waals surface area contributed by atoms with Crippen molar-refractivity contribution in [2.24, 2.45) is 0 Å². The third-order valence-electron chi connectivity index (χ3n) is 12.7. The Morgan fingerprint density at radius 2 is 1.13 bits per heavy atom. The summed E-state index contributed by atoms with van der Waals surface area (Å²) in [6, 6.07) is 56.5. The minimum Gasteiger partial charge on any atom is -0.227 e. The van der Waals surface area contributed by atoms with Crippen LogP contribution in [0.2, 0.25) is 0 Å². The van der Waals surface area contributed by atoms with Crippen molar-refractivity contribution in [2.75, 3.05) is 0 Å². The highest BCUT2D eigenvalue weighted by molar-refractivity contribution is 7.25. The van der Waals surface area contributed by atoms with Crippen LogP contribution in [0.3, 0.4) is 0 Å². The molecule has 0 spiro atoms. The summed E-state index contributed by atoms with van der Waals surface area (Å²) in [5.41, 5.74) is 19.7. The van der Waals surface area contributed by atoms with Gasteiger partial charge in [0.05, 0.1) is 5.69 Å². The molecule has 1 unspecified atom stereocenters. The summed E-state index contributed by atoms with van der Waals surface area (Å²) >= 11 is 1.75. The van der Waals surface area contributed by atoms with Crippen molar-refractivity contribution in [1.29, 1.82) is 0 Å². The van der Waals surface area contributed by atoms with Crippen LogP contribution in [0.1, 0.15) is 48.6 Å². The molecule has 0 saturated carbocycles. The van der Waals surface area contributed by atoms with E-state index < -0.39 is 5.41 Å². The predicted octanol–water partition coefficient (Wildman–Crippen LogP) is 13.5. The summed E-state index contributed by atoms with van der Waals surface area (Å²) in [4.78, 5) is 11.8. The van der Waals surface area contributed by atoms with Gasteiger partial charge >= 0.3 is 0 Å². The second-order valence-electron chi connectivity index (χ2n) is 15.8. The molecule has 3 aliphatic carbocycles. The van der Waals surface area contributed by atoms with Crippen molar-refractivity contribution < 1.29 is 0 Å². The second kappa shape index (κ2) is 10.5. The van der Waals surface area contributed by atoms with Crippen molar-refractivity contribution in [1.82, 2.24) is 9.97 Å². The summed E-state index contributed by atoms with van der Waals surface area (Å²) in [5.74, 6) is 0.752. The minimum absolute atomic E-state index is 0.116. The van der Waals surface area contributed by atoms with E-state index in [1.165, 1.54) is 82.4 Å². The molecule has 0 N–H and O–H groups in total. The maximum absolute atomic E-state index is 5.44. The summed E-state index contributed by atoms with van der Waals surface area (Å²) in [6.07, 6.45) is 0. The Balaban J connectivity index is 1.19. The van der Waals surface area contributed by atoms with Crippen molar-refractivity contribution in [3.63, 3.8) is 0 Å². The van der Waals surface area contributed by atoms with Crippen LogP contribution in [-0.2, 0) is 10.8 Å². The number of nitrogens with zero attached hydrogens (tertiary/aromatic N) is 2. The Labute approximate surface area is 318 Å². The monoisotopic (exact) mass is 706 g/mol. The Morgan fingerprint density at radius 1 is 0.444 bits per heavy atom. The van der Waals surface area contributed by atoms with Gasteiger partial charge in [0.25, 0.3) is 0 Å². The van der Waals surface area contributed by atoms with Crippen LogP contribution in [0.15, 0.2) is 152 Å². The molecule has 0 amide bonds. The van der Waals surface area contributed by atoms with Gasteiger partial charge in [0.15, 0.2) is 5.82 Å². The van der Waals surface area contributed by atoms with E-state index in [0.29, 0.717) is 0 Å². The first-order chi connectivity index (χ1) is 26.4. The third kappa shape index (κ3) is 3.84. The zero-order chi connectivity index (χ0) is 35.9. The number of rotatable bonds is 2. The zero-order valence-electron chi connectivity index (χ0n) is 30.2. The van der Waals surface area contributed by atoms with Gasteiger partial charge in [-0.05, 0) is 110 Å². The number of thiophene rings is 1. The van der Waals surface area contributed by atoms with Gasteiger partial charge in [-0.2, -0.15) is 0 Å². The predicted molar refractivity (Wildman–Crippen MR) is 225 cm³/mol. The van der Waals surface area contributed by atoms with Gasteiger partial charge in [-0.25, -0.2) is 9.97 Å². The van der Waals surface area contributed by atoms with Crippen molar-refractivity contribution >= 4 is 31.6 Å². The summed E-state index contributed by atoms with van der Waals surface area (Å²) in [6.45, 7) is 7.25. The standard InChI is InChI=1S/C51H34N2S/c1-50(2)40-21-12-19-34-31-16-11-15-30(25-31)33-24-23-32(48-52-47(29-13-5-4-6-14-29)46-36-18-8-10-22-44(36)54-49(46)53-48)26-42(33)51(3)39-20-9-7-17-35(39)37-27-41(50)38(45(34)40)28-43(37)51/h4-28H,1-3H3. The van der Waals surface area contributed by atoms with Gasteiger partial charge in [0.2, 0.25) is 0 Å². The normalized spacial score (nSPS) is 16.6. The number of benzene rings is 7. The first kappa shape index (κ1) is 30.3. The fourth-order valence-electron chi connectivity index (χ4n) is 10.1. The van der Waals surface area contributed by atoms with Crippen LogP contribution in [0.5, 0.6) is 0 Å². The molecule has 0 saturated heterocycles. The van der Waals surface area contributed by atoms with Crippen LogP contribution < -0.4 is 0 Å². The fraction of sp³-hybridized carbons (Fsp3) is 0.0980. The molecule has 3 heteroatoms. The van der Waals surface area contributed by atoms with Crippen molar-refractivity contribution in [3.8, 4) is 67.2 Å². The van der Waals surface area contributed by atoms with Gasteiger partial charge < -0.3 is 0 Å². The highest BCUT2D eigenvalue weighted by atomic mass is 32.1. The van der Waals surface area contributed by atoms with Crippen LogP contribution in [0.4, 0.5) is 0 Å². The average molecular weight is 707 g/mol. The number of hydrogen-bond acceptors (Lipinski definition) is 3. The number of aromatic nitrogens is 2. The molecule has 54 heavy (non-hydrogen) atoms. The number of hydrogen-bond donors (Lipinski definition) is 0. The average Bonchev–Trinajstić information content (AvgIpc) is 3.80. The van der Waals surface area contributed by atoms with Gasteiger partial charge in [-0.15, -0.1) is 11.3 Å². The quantitative estimate of drug-likeness (QED) is 0.179. The molecule has 2 heterocycles. The molecular formula is C51H34N2S. The second-order valence-corrected chi connectivity index (χ2v) is 16.9. The number of fused-ring (bicyclic) bond motifs is 12. The highest BCUT2D eigenvalue weighted by Gasteiger charge is 2.46. The molecule has 0 fully saturated rings. The summed E-state index contributed by atoms with van der Waals surface area (Å²) < 4.78 is 1.23. The molecule has 1 atom stereocenters. The van der Waals surface area contributed by atoms with Gasteiger partial charge in [-0.1, -0.05) is 135 Å². The smallest absolute Gasteiger partial charge is 0.161 e. The summed E-state index contributed by atoms with van der Waals surface area (Å²) in [5, 5.41) is 2.33. The van der Waals surface area contributed by atoms with E-state index in [1.807, 2.05) is 0 Å². The molecule has 2 aromatic heterocycles. The lowest BCUT2D eigenvalue weighted by Gasteiger charge is -2.32. The van der Waals surface area contributed by atoms with Crippen LogP contribution in [-0.4, -0.2) is 9.97 Å². The Bertz CT molecular complexity index is 3100. The van der Waals surface area contributed by atoms with E-state index in [-0.39, 0.29) is 5.41 Å². The fourth-order valence-corrected chi connectivity index (χ4v) is 11.1. The Kier molecular flexibility index (Phi) is 5.89. The first-order valence-electron chi connectivity index (χ1n) is 18.8. The van der Waals surface area contributed by atoms with Crippen molar-refractivity contribution in [3.05, 3.63) is 179 Å². The van der Waals surface area contributed by atoms with E-state index in [4.69, 9.17) is 9.97 Å². The zero-order valence-corrected chi connectivity index (χ0v) is 31.1. The van der Waals surface area contributed by atoms with Crippen molar-refractivity contribution in [2.45, 2.75) is 31.6 Å². The minimum atomic E-state index is -0.432. The molecule has 7 aromatic carbocycles. The lowest BCUT2D eigenvalue weighted by atomic mass is 9.70. The molecule has 12 rings (SSSR count). The summed E-state index contributed by atoms with van der Waals surface area (Å²) in [7, 11) is 0. The SMILES string of the molecule is CC1(C)c2cc3c4cc2-c2c(cccc21)-c1cccc(c1)-c1ccc(-c2nc(-c5ccccc5)c5c(n2)sc2ccccc25)cc1C4(C)c1ccccc1-3. The van der Waals surface area contributed by atoms with Crippen LogP contribution in [0, 0.1) is 0 Å². The Hall–Kier alpha value is -6.16. The molecule has 0 radical (unpaired) electrons.